The molecule has 1 fully saturated rings. The van der Waals surface area contributed by atoms with Crippen LogP contribution in [0.25, 0.3) is 0 Å². The Labute approximate surface area is 102 Å². The molecular weight excluding hydrogens is 214 g/mol. The van der Waals surface area contributed by atoms with E-state index in [2.05, 4.69) is 17.4 Å². The first-order chi connectivity index (χ1) is 8.29. The van der Waals surface area contributed by atoms with E-state index >= 15 is 0 Å². The number of aliphatic hydroxyl groups is 1. The lowest BCUT2D eigenvalue weighted by Gasteiger charge is -2.40. The van der Waals surface area contributed by atoms with Gasteiger partial charge in [0.25, 0.3) is 0 Å². The molecule has 0 radical (unpaired) electrons. The summed E-state index contributed by atoms with van der Waals surface area (Å²) in [5, 5.41) is 13.0. The van der Waals surface area contributed by atoms with Gasteiger partial charge in [-0.15, -0.1) is 0 Å². The molecule has 2 N–H and O–H groups in total. The number of methoxy groups -OCH3 is 1. The SMILES string of the molecule is COc1cccc2c1[C@@H]1CC[C@@H](O)N[C@H]1CC2. The molecule has 3 rings (SSSR count). The summed E-state index contributed by atoms with van der Waals surface area (Å²) in [7, 11) is 1.74. The number of rotatable bonds is 1. The van der Waals surface area contributed by atoms with Crippen molar-refractivity contribution in [3.05, 3.63) is 29.3 Å². The predicted molar refractivity (Wildman–Crippen MR) is 66.2 cm³/mol. The summed E-state index contributed by atoms with van der Waals surface area (Å²) in [5.41, 5.74) is 2.79. The highest BCUT2D eigenvalue weighted by molar-refractivity contribution is 5.45. The van der Waals surface area contributed by atoms with Gasteiger partial charge in [0.2, 0.25) is 0 Å². The Balaban J connectivity index is 2.00. The van der Waals surface area contributed by atoms with Crippen molar-refractivity contribution in [2.24, 2.45) is 0 Å². The number of aliphatic hydroxyl groups excluding tert-OH is 1. The fourth-order valence-electron chi connectivity index (χ4n) is 3.33. The Morgan fingerprint density at radius 2 is 2.18 bits per heavy atom. The first-order valence-electron chi connectivity index (χ1n) is 6.39. The average molecular weight is 233 g/mol. The van der Waals surface area contributed by atoms with Gasteiger partial charge in [0, 0.05) is 17.5 Å². The molecule has 3 heteroatoms. The molecule has 1 aliphatic heterocycles. The number of ether oxygens (including phenoxy) is 1. The summed E-state index contributed by atoms with van der Waals surface area (Å²) in [6, 6.07) is 6.73. The summed E-state index contributed by atoms with van der Waals surface area (Å²) >= 11 is 0. The minimum Gasteiger partial charge on any atom is -0.496 e. The van der Waals surface area contributed by atoms with Crippen LogP contribution in [-0.4, -0.2) is 24.5 Å². The topological polar surface area (TPSA) is 41.5 Å². The number of aryl methyl sites for hydroxylation is 1. The van der Waals surface area contributed by atoms with Gasteiger partial charge in [-0.1, -0.05) is 12.1 Å². The van der Waals surface area contributed by atoms with E-state index in [1.165, 1.54) is 11.1 Å². The lowest BCUT2D eigenvalue weighted by molar-refractivity contribution is 0.0704. The van der Waals surface area contributed by atoms with E-state index in [-0.39, 0.29) is 6.23 Å². The lowest BCUT2D eigenvalue weighted by Crippen LogP contribution is -2.48. The lowest BCUT2D eigenvalue weighted by atomic mass is 9.74. The molecule has 2 aliphatic rings. The van der Waals surface area contributed by atoms with Gasteiger partial charge >= 0.3 is 0 Å². The van der Waals surface area contributed by atoms with Crippen molar-refractivity contribution in [2.45, 2.75) is 43.9 Å². The smallest absolute Gasteiger partial charge is 0.122 e. The molecule has 0 bridgehead atoms. The van der Waals surface area contributed by atoms with Crippen LogP contribution in [0.5, 0.6) is 5.75 Å². The van der Waals surface area contributed by atoms with Crippen LogP contribution in [0.3, 0.4) is 0 Å². The molecule has 1 aromatic rings. The fraction of sp³-hybridized carbons (Fsp3) is 0.571. The second-order valence-electron chi connectivity index (χ2n) is 5.04. The zero-order chi connectivity index (χ0) is 11.8. The number of nitrogens with one attached hydrogen (secondary N) is 1. The first-order valence-corrected chi connectivity index (χ1v) is 6.39. The summed E-state index contributed by atoms with van der Waals surface area (Å²) in [5.74, 6) is 1.51. The molecule has 92 valence electrons. The van der Waals surface area contributed by atoms with Crippen molar-refractivity contribution in [3.63, 3.8) is 0 Å². The minimum absolute atomic E-state index is 0.326. The number of hydrogen-bond acceptors (Lipinski definition) is 3. The molecule has 0 amide bonds. The first kappa shape index (κ1) is 11.1. The van der Waals surface area contributed by atoms with Gasteiger partial charge in [-0.05, 0) is 37.3 Å². The molecule has 3 atom stereocenters. The van der Waals surface area contributed by atoms with Gasteiger partial charge in [-0.2, -0.15) is 0 Å². The summed E-state index contributed by atoms with van der Waals surface area (Å²) in [6.45, 7) is 0. The molecule has 0 aromatic heterocycles. The van der Waals surface area contributed by atoms with E-state index in [0.717, 1.165) is 31.4 Å². The molecular formula is C14H19NO2. The largest absolute Gasteiger partial charge is 0.496 e. The van der Waals surface area contributed by atoms with E-state index in [1.807, 2.05) is 6.07 Å². The van der Waals surface area contributed by atoms with E-state index in [1.54, 1.807) is 7.11 Å². The van der Waals surface area contributed by atoms with E-state index in [4.69, 9.17) is 4.74 Å². The van der Waals surface area contributed by atoms with E-state index < -0.39 is 0 Å². The Morgan fingerprint density at radius 3 is 3.00 bits per heavy atom. The quantitative estimate of drug-likeness (QED) is 0.777. The number of benzene rings is 1. The maximum absolute atomic E-state index is 9.68. The van der Waals surface area contributed by atoms with Crippen LogP contribution in [-0.2, 0) is 6.42 Å². The van der Waals surface area contributed by atoms with Crippen molar-refractivity contribution >= 4 is 0 Å². The summed E-state index contributed by atoms with van der Waals surface area (Å²) in [6.07, 6.45) is 3.74. The number of fused-ring (bicyclic) bond motifs is 3. The van der Waals surface area contributed by atoms with Gasteiger partial charge in [0.1, 0.15) is 12.0 Å². The van der Waals surface area contributed by atoms with Gasteiger partial charge in [-0.3, -0.25) is 5.32 Å². The van der Waals surface area contributed by atoms with Crippen molar-refractivity contribution in [1.29, 1.82) is 0 Å². The van der Waals surface area contributed by atoms with Crippen LogP contribution in [0.15, 0.2) is 18.2 Å². The molecule has 0 saturated carbocycles. The Bertz CT molecular complexity index is 404. The van der Waals surface area contributed by atoms with Crippen molar-refractivity contribution < 1.29 is 9.84 Å². The van der Waals surface area contributed by atoms with E-state index in [9.17, 15) is 5.11 Å². The monoisotopic (exact) mass is 233 g/mol. The minimum atomic E-state index is -0.326. The second-order valence-corrected chi connectivity index (χ2v) is 5.04. The van der Waals surface area contributed by atoms with Crippen LogP contribution in [0.1, 0.15) is 36.3 Å². The molecule has 1 aromatic carbocycles. The predicted octanol–water partition coefficient (Wildman–Crippen LogP) is 1.80. The third-order valence-electron chi connectivity index (χ3n) is 4.12. The Hall–Kier alpha value is -1.06. The maximum Gasteiger partial charge on any atom is 0.122 e. The maximum atomic E-state index is 9.68. The van der Waals surface area contributed by atoms with Gasteiger partial charge in [0.15, 0.2) is 0 Å². The molecule has 17 heavy (non-hydrogen) atoms. The highest BCUT2D eigenvalue weighted by Crippen LogP contribution is 2.42. The van der Waals surface area contributed by atoms with Crippen LogP contribution in [0, 0.1) is 0 Å². The van der Waals surface area contributed by atoms with Gasteiger partial charge < -0.3 is 9.84 Å². The number of piperidine rings is 1. The third kappa shape index (κ3) is 1.83. The van der Waals surface area contributed by atoms with Crippen LogP contribution in [0.2, 0.25) is 0 Å². The highest BCUT2D eigenvalue weighted by atomic mass is 16.5. The molecule has 1 saturated heterocycles. The highest BCUT2D eigenvalue weighted by Gasteiger charge is 2.35. The standard InChI is InChI=1S/C14H19NO2/c1-17-12-4-2-3-9-5-7-11-10(14(9)12)6-8-13(16)15-11/h2-4,10-11,13,15-16H,5-8H2,1H3/t10-,11+,13-/m1/s1. The van der Waals surface area contributed by atoms with Crippen molar-refractivity contribution in [1.82, 2.24) is 5.32 Å². The summed E-state index contributed by atoms with van der Waals surface area (Å²) < 4.78 is 5.50. The van der Waals surface area contributed by atoms with Crippen molar-refractivity contribution in [3.8, 4) is 5.75 Å². The molecule has 0 spiro atoms. The molecule has 3 nitrogen and oxygen atoms in total. The van der Waals surface area contributed by atoms with E-state index in [0.29, 0.717) is 12.0 Å². The summed E-state index contributed by atoms with van der Waals surface area (Å²) in [4.78, 5) is 0. The second kappa shape index (κ2) is 4.31. The van der Waals surface area contributed by atoms with Crippen molar-refractivity contribution in [2.75, 3.05) is 7.11 Å². The Kier molecular flexibility index (Phi) is 2.81. The molecule has 1 heterocycles. The normalized spacial score (nSPS) is 31.5. The third-order valence-corrected chi connectivity index (χ3v) is 4.12. The molecule has 1 aliphatic carbocycles. The fourth-order valence-corrected chi connectivity index (χ4v) is 3.33. The van der Waals surface area contributed by atoms with Gasteiger partial charge in [0.05, 0.1) is 7.11 Å². The average Bonchev–Trinajstić information content (AvgIpc) is 2.37. The van der Waals surface area contributed by atoms with Crippen LogP contribution in [0.4, 0.5) is 0 Å². The molecule has 0 unspecified atom stereocenters. The zero-order valence-corrected chi connectivity index (χ0v) is 10.1. The Morgan fingerprint density at radius 1 is 1.29 bits per heavy atom. The van der Waals surface area contributed by atoms with Crippen LogP contribution < -0.4 is 10.1 Å². The van der Waals surface area contributed by atoms with Gasteiger partial charge in [-0.25, -0.2) is 0 Å². The number of hydrogen-bond donors (Lipinski definition) is 2. The zero-order valence-electron chi connectivity index (χ0n) is 10.1. The van der Waals surface area contributed by atoms with Crippen LogP contribution >= 0.6 is 0 Å².